The van der Waals surface area contributed by atoms with Gasteiger partial charge in [0.1, 0.15) is 11.6 Å². The SMILES string of the molecule is Cc1ncc(C(=O)N2C[C@@H](c3cccc(O)c3)[C@@H]3[C@H]2C2CCN3CC2)cn1. The first-order valence-corrected chi connectivity index (χ1v) is 9.74. The first-order chi connectivity index (χ1) is 13.1. The molecular weight excluding hydrogens is 340 g/mol. The lowest BCUT2D eigenvalue weighted by atomic mass is 9.75. The maximum Gasteiger partial charge on any atom is 0.257 e. The van der Waals surface area contributed by atoms with Gasteiger partial charge in [0.25, 0.3) is 5.91 Å². The van der Waals surface area contributed by atoms with Gasteiger partial charge in [-0.25, -0.2) is 9.97 Å². The van der Waals surface area contributed by atoms with Crippen molar-refractivity contribution in [2.45, 2.75) is 37.8 Å². The number of carbonyl (C=O) groups excluding carboxylic acids is 1. The molecule has 1 N–H and O–H groups in total. The molecule has 5 heterocycles. The average molecular weight is 364 g/mol. The molecule has 3 atom stereocenters. The summed E-state index contributed by atoms with van der Waals surface area (Å²) in [6.45, 7) is 4.72. The third kappa shape index (κ3) is 2.70. The van der Waals surface area contributed by atoms with Gasteiger partial charge >= 0.3 is 0 Å². The topological polar surface area (TPSA) is 69.6 Å². The minimum atomic E-state index is 0.0291. The Kier molecular flexibility index (Phi) is 3.90. The van der Waals surface area contributed by atoms with E-state index in [1.807, 2.05) is 19.1 Å². The highest BCUT2D eigenvalue weighted by Gasteiger charge is 2.54. The molecule has 0 aliphatic carbocycles. The standard InChI is InChI=1S/C21H24N4O2/c1-13-22-10-16(11-23-13)21(27)25-12-18(15-3-2-4-17(26)9-15)20-19(25)14-5-7-24(20)8-6-14/h2-4,9-11,14,18-20,26H,5-8,12H2,1H3/t18-,19+,20+/m0/s1. The summed E-state index contributed by atoms with van der Waals surface area (Å²) in [6, 6.07) is 8.09. The quantitative estimate of drug-likeness (QED) is 0.885. The van der Waals surface area contributed by atoms with Crippen molar-refractivity contribution in [3.63, 3.8) is 0 Å². The van der Waals surface area contributed by atoms with Gasteiger partial charge < -0.3 is 10.0 Å². The van der Waals surface area contributed by atoms with Gasteiger partial charge in [-0.1, -0.05) is 12.1 Å². The summed E-state index contributed by atoms with van der Waals surface area (Å²) in [5, 5.41) is 9.97. The average Bonchev–Trinajstić information content (AvgIpc) is 3.12. The molecule has 6 heteroatoms. The van der Waals surface area contributed by atoms with E-state index in [-0.39, 0.29) is 23.6 Å². The number of aromatic hydroxyl groups is 1. The van der Waals surface area contributed by atoms with E-state index < -0.39 is 0 Å². The number of phenols is 1. The fraction of sp³-hybridized carbons (Fsp3) is 0.476. The number of hydrogen-bond donors (Lipinski definition) is 1. The lowest BCUT2D eigenvalue weighted by Gasteiger charge is -2.51. The van der Waals surface area contributed by atoms with Gasteiger partial charge in [0, 0.05) is 30.9 Å². The fourth-order valence-electron chi connectivity index (χ4n) is 5.37. The Morgan fingerprint density at radius 2 is 1.89 bits per heavy atom. The van der Waals surface area contributed by atoms with Gasteiger partial charge in [-0.2, -0.15) is 0 Å². The number of benzene rings is 1. The summed E-state index contributed by atoms with van der Waals surface area (Å²) < 4.78 is 0. The molecule has 2 bridgehead atoms. The zero-order valence-electron chi connectivity index (χ0n) is 15.5. The van der Waals surface area contributed by atoms with E-state index in [2.05, 4.69) is 25.8 Å². The Hall–Kier alpha value is -2.47. The molecule has 1 amide bonds. The first-order valence-electron chi connectivity index (χ1n) is 9.74. The van der Waals surface area contributed by atoms with E-state index in [0.29, 0.717) is 29.9 Å². The van der Waals surface area contributed by atoms with Crippen molar-refractivity contribution in [1.29, 1.82) is 0 Å². The number of aromatic nitrogens is 2. The predicted molar refractivity (Wildman–Crippen MR) is 101 cm³/mol. The van der Waals surface area contributed by atoms with Crippen molar-refractivity contribution in [1.82, 2.24) is 19.8 Å². The highest BCUT2D eigenvalue weighted by molar-refractivity contribution is 5.94. The van der Waals surface area contributed by atoms with Gasteiger partial charge in [0.2, 0.25) is 0 Å². The van der Waals surface area contributed by atoms with Crippen LogP contribution in [0.3, 0.4) is 0 Å². The third-order valence-electron chi connectivity index (χ3n) is 6.58. The van der Waals surface area contributed by atoms with Crippen LogP contribution in [0.5, 0.6) is 5.75 Å². The van der Waals surface area contributed by atoms with Crippen molar-refractivity contribution >= 4 is 5.91 Å². The van der Waals surface area contributed by atoms with E-state index >= 15 is 0 Å². The van der Waals surface area contributed by atoms with E-state index in [9.17, 15) is 9.90 Å². The van der Waals surface area contributed by atoms with Crippen LogP contribution in [0.25, 0.3) is 0 Å². The number of carbonyl (C=O) groups is 1. The highest BCUT2D eigenvalue weighted by Crippen LogP contribution is 2.47. The van der Waals surface area contributed by atoms with Crippen molar-refractivity contribution in [3.05, 3.63) is 53.6 Å². The summed E-state index contributed by atoms with van der Waals surface area (Å²) in [6.07, 6.45) is 5.59. The molecule has 6 rings (SSSR count). The molecule has 6 nitrogen and oxygen atoms in total. The smallest absolute Gasteiger partial charge is 0.257 e. The molecule has 4 aliphatic heterocycles. The Balaban J connectivity index is 1.52. The molecule has 0 radical (unpaired) electrons. The van der Waals surface area contributed by atoms with E-state index in [4.69, 9.17) is 0 Å². The van der Waals surface area contributed by atoms with Crippen LogP contribution in [0.15, 0.2) is 36.7 Å². The number of phenolic OH excluding ortho intramolecular Hbond substituents is 1. The summed E-state index contributed by atoms with van der Waals surface area (Å²) in [4.78, 5) is 26.3. The van der Waals surface area contributed by atoms with Crippen LogP contribution < -0.4 is 0 Å². The number of piperidine rings is 3. The van der Waals surface area contributed by atoms with Crippen LogP contribution in [-0.4, -0.2) is 62.5 Å². The third-order valence-corrected chi connectivity index (χ3v) is 6.58. The summed E-state index contributed by atoms with van der Waals surface area (Å²) in [7, 11) is 0. The lowest BCUT2D eigenvalue weighted by molar-refractivity contribution is -0.00344. The zero-order valence-corrected chi connectivity index (χ0v) is 15.5. The maximum absolute atomic E-state index is 13.3. The van der Waals surface area contributed by atoms with Crippen molar-refractivity contribution < 1.29 is 9.90 Å². The molecular formula is C21H24N4O2. The fourth-order valence-corrected chi connectivity index (χ4v) is 5.37. The van der Waals surface area contributed by atoms with Crippen LogP contribution in [0.1, 0.15) is 40.5 Å². The van der Waals surface area contributed by atoms with Gasteiger partial charge in [-0.05, 0) is 56.5 Å². The van der Waals surface area contributed by atoms with Crippen LogP contribution in [0.4, 0.5) is 0 Å². The number of aryl methyl sites for hydroxylation is 1. The van der Waals surface area contributed by atoms with Gasteiger partial charge in [-0.3, -0.25) is 9.69 Å². The number of amides is 1. The minimum absolute atomic E-state index is 0.0291. The Morgan fingerprint density at radius 3 is 2.59 bits per heavy atom. The van der Waals surface area contributed by atoms with Crippen LogP contribution in [0, 0.1) is 12.8 Å². The molecule has 0 spiro atoms. The number of rotatable bonds is 2. The summed E-state index contributed by atoms with van der Waals surface area (Å²) in [5.74, 6) is 1.77. The molecule has 4 fully saturated rings. The number of hydrogen-bond acceptors (Lipinski definition) is 5. The summed E-state index contributed by atoms with van der Waals surface area (Å²) >= 11 is 0. The number of nitrogens with zero attached hydrogens (tertiary/aromatic N) is 4. The molecule has 2 aromatic rings. The second-order valence-electron chi connectivity index (χ2n) is 8.03. The van der Waals surface area contributed by atoms with E-state index in [1.165, 1.54) is 0 Å². The van der Waals surface area contributed by atoms with E-state index in [0.717, 1.165) is 31.5 Å². The highest BCUT2D eigenvalue weighted by atomic mass is 16.3. The molecule has 0 unspecified atom stereocenters. The lowest BCUT2D eigenvalue weighted by Crippen LogP contribution is -2.60. The molecule has 27 heavy (non-hydrogen) atoms. The first kappa shape index (κ1) is 16.7. The van der Waals surface area contributed by atoms with Crippen molar-refractivity contribution in [3.8, 4) is 5.75 Å². The van der Waals surface area contributed by atoms with Crippen LogP contribution >= 0.6 is 0 Å². The number of likely N-dealkylation sites (tertiary alicyclic amines) is 1. The summed E-state index contributed by atoms with van der Waals surface area (Å²) in [5.41, 5.74) is 1.68. The van der Waals surface area contributed by atoms with Gasteiger partial charge in [0.05, 0.1) is 11.6 Å². The second kappa shape index (κ2) is 6.30. The molecule has 4 aliphatic rings. The monoisotopic (exact) mass is 364 g/mol. The van der Waals surface area contributed by atoms with E-state index in [1.54, 1.807) is 18.5 Å². The molecule has 1 aromatic carbocycles. The number of fused-ring (bicyclic) bond motifs is 2. The van der Waals surface area contributed by atoms with Crippen LogP contribution in [-0.2, 0) is 0 Å². The maximum atomic E-state index is 13.3. The Bertz CT molecular complexity index is 861. The van der Waals surface area contributed by atoms with Gasteiger partial charge in [-0.15, -0.1) is 0 Å². The molecule has 1 aromatic heterocycles. The molecule has 0 saturated carbocycles. The zero-order chi connectivity index (χ0) is 18.5. The Morgan fingerprint density at radius 1 is 1.15 bits per heavy atom. The Labute approximate surface area is 158 Å². The molecule has 4 saturated heterocycles. The second-order valence-corrected chi connectivity index (χ2v) is 8.03. The van der Waals surface area contributed by atoms with Gasteiger partial charge in [0.15, 0.2) is 0 Å². The largest absolute Gasteiger partial charge is 0.508 e. The predicted octanol–water partition coefficient (Wildman–Crippen LogP) is 2.19. The normalized spacial score (nSPS) is 31.7. The van der Waals surface area contributed by atoms with Crippen molar-refractivity contribution in [2.75, 3.05) is 19.6 Å². The van der Waals surface area contributed by atoms with Crippen molar-refractivity contribution in [2.24, 2.45) is 5.92 Å². The minimum Gasteiger partial charge on any atom is -0.508 e. The van der Waals surface area contributed by atoms with Crippen LogP contribution in [0.2, 0.25) is 0 Å². The molecule has 140 valence electrons.